The molecule has 1 aromatic carbocycles. The summed E-state index contributed by atoms with van der Waals surface area (Å²) in [5.74, 6) is 0.539. The lowest BCUT2D eigenvalue weighted by Crippen LogP contribution is -2.25. The first-order valence-electron chi connectivity index (χ1n) is 7.07. The average molecular weight is 283 g/mol. The van der Waals surface area contributed by atoms with Crippen LogP contribution in [-0.2, 0) is 4.79 Å². The normalized spacial score (nSPS) is 12.6. The van der Waals surface area contributed by atoms with Gasteiger partial charge in [-0.2, -0.15) is 0 Å². The lowest BCUT2D eigenvalue weighted by Gasteiger charge is -2.17. The first-order valence-corrected chi connectivity index (χ1v) is 7.07. The fraction of sp³-hybridized carbons (Fsp3) is 0.278. The highest BCUT2D eigenvalue weighted by molar-refractivity contribution is 5.91. The highest BCUT2D eigenvalue weighted by Crippen LogP contribution is 2.21. The van der Waals surface area contributed by atoms with Crippen LogP contribution >= 0.6 is 0 Å². The van der Waals surface area contributed by atoms with Crippen LogP contribution in [0.2, 0.25) is 0 Å². The van der Waals surface area contributed by atoms with E-state index in [0.29, 0.717) is 5.76 Å². The number of carbonyl (C=O) groups excluding carboxylic acids is 1. The number of carbonyl (C=O) groups is 1. The second-order valence-corrected chi connectivity index (χ2v) is 5.37. The Kier molecular flexibility index (Phi) is 4.63. The minimum Gasteiger partial charge on any atom is -0.465 e. The van der Waals surface area contributed by atoms with Crippen molar-refractivity contribution in [3.63, 3.8) is 0 Å². The quantitative estimate of drug-likeness (QED) is 0.858. The van der Waals surface area contributed by atoms with E-state index in [0.717, 1.165) is 5.56 Å². The monoisotopic (exact) mass is 283 g/mol. The summed E-state index contributed by atoms with van der Waals surface area (Å²) in [7, 11) is 0. The summed E-state index contributed by atoms with van der Waals surface area (Å²) in [6.07, 6.45) is 4.74. The van der Waals surface area contributed by atoms with E-state index >= 15 is 0 Å². The smallest absolute Gasteiger partial charge is 0.244 e. The van der Waals surface area contributed by atoms with Gasteiger partial charge in [0.25, 0.3) is 0 Å². The van der Waals surface area contributed by atoms with Crippen LogP contribution < -0.4 is 5.32 Å². The van der Waals surface area contributed by atoms with Gasteiger partial charge in [0.1, 0.15) is 5.76 Å². The van der Waals surface area contributed by atoms with Crippen molar-refractivity contribution in [3.8, 4) is 0 Å². The molecule has 0 aliphatic heterocycles. The zero-order valence-electron chi connectivity index (χ0n) is 12.9. The van der Waals surface area contributed by atoms with Crippen molar-refractivity contribution >= 4 is 12.0 Å². The topological polar surface area (TPSA) is 42.2 Å². The standard InChI is InChI=1S/C18H21NO2/c1-12-10-14(3)17(11-13(12)2)15(4)19-18(20)8-7-16-6-5-9-21-16/h5-11,15H,1-4H3,(H,19,20)/b8-7+/t15-/m0/s1. The maximum absolute atomic E-state index is 11.9. The van der Waals surface area contributed by atoms with Gasteiger partial charge in [0.05, 0.1) is 12.3 Å². The van der Waals surface area contributed by atoms with Crippen molar-refractivity contribution in [2.45, 2.75) is 33.7 Å². The van der Waals surface area contributed by atoms with Crippen LogP contribution in [0.25, 0.3) is 6.08 Å². The number of rotatable bonds is 4. The molecular weight excluding hydrogens is 262 g/mol. The van der Waals surface area contributed by atoms with E-state index in [9.17, 15) is 4.79 Å². The molecule has 0 saturated carbocycles. The molecular formula is C18H21NO2. The van der Waals surface area contributed by atoms with Crippen LogP contribution in [0, 0.1) is 20.8 Å². The summed E-state index contributed by atoms with van der Waals surface area (Å²) in [5, 5.41) is 2.98. The second kappa shape index (κ2) is 6.44. The van der Waals surface area contributed by atoms with E-state index in [4.69, 9.17) is 4.42 Å². The molecule has 1 N–H and O–H groups in total. The minimum absolute atomic E-state index is 0.0296. The first-order chi connectivity index (χ1) is 9.97. The number of hydrogen-bond donors (Lipinski definition) is 1. The summed E-state index contributed by atoms with van der Waals surface area (Å²) in [5.41, 5.74) is 4.86. The van der Waals surface area contributed by atoms with Gasteiger partial charge in [-0.05, 0) is 68.2 Å². The summed E-state index contributed by atoms with van der Waals surface area (Å²) in [6.45, 7) is 8.25. The van der Waals surface area contributed by atoms with Gasteiger partial charge in [-0.1, -0.05) is 12.1 Å². The molecule has 1 atom stereocenters. The maximum Gasteiger partial charge on any atom is 0.244 e. The van der Waals surface area contributed by atoms with E-state index in [-0.39, 0.29) is 11.9 Å². The molecule has 21 heavy (non-hydrogen) atoms. The van der Waals surface area contributed by atoms with Crippen molar-refractivity contribution in [2.24, 2.45) is 0 Å². The van der Waals surface area contributed by atoms with Gasteiger partial charge in [-0.3, -0.25) is 4.79 Å². The molecule has 0 unspecified atom stereocenters. The SMILES string of the molecule is Cc1cc(C)c([C@H](C)NC(=O)/C=C/c2ccco2)cc1C. The lowest BCUT2D eigenvalue weighted by molar-refractivity contribution is -0.117. The van der Waals surface area contributed by atoms with E-state index in [2.05, 4.69) is 38.2 Å². The zero-order valence-corrected chi connectivity index (χ0v) is 12.9. The van der Waals surface area contributed by atoms with Crippen molar-refractivity contribution in [1.29, 1.82) is 0 Å². The molecule has 3 nitrogen and oxygen atoms in total. The average Bonchev–Trinajstić information content (AvgIpc) is 2.93. The number of hydrogen-bond acceptors (Lipinski definition) is 2. The van der Waals surface area contributed by atoms with E-state index < -0.39 is 0 Å². The van der Waals surface area contributed by atoms with Crippen molar-refractivity contribution in [1.82, 2.24) is 5.32 Å². The minimum atomic E-state index is -0.128. The fourth-order valence-corrected chi connectivity index (χ4v) is 2.33. The maximum atomic E-state index is 11.9. The fourth-order valence-electron chi connectivity index (χ4n) is 2.33. The zero-order chi connectivity index (χ0) is 15.4. The van der Waals surface area contributed by atoms with Gasteiger partial charge < -0.3 is 9.73 Å². The molecule has 2 rings (SSSR count). The van der Waals surface area contributed by atoms with Gasteiger partial charge in [0, 0.05) is 6.08 Å². The van der Waals surface area contributed by atoms with Crippen LogP contribution in [0.1, 0.15) is 41.0 Å². The predicted molar refractivity (Wildman–Crippen MR) is 85.0 cm³/mol. The van der Waals surface area contributed by atoms with Crippen molar-refractivity contribution in [3.05, 3.63) is 64.6 Å². The molecule has 0 aliphatic carbocycles. The molecule has 110 valence electrons. The largest absolute Gasteiger partial charge is 0.465 e. The number of nitrogens with one attached hydrogen (secondary N) is 1. The molecule has 0 fully saturated rings. The van der Waals surface area contributed by atoms with Crippen LogP contribution in [0.4, 0.5) is 0 Å². The Morgan fingerprint density at radius 2 is 1.90 bits per heavy atom. The summed E-state index contributed by atoms with van der Waals surface area (Å²) in [6, 6.07) is 7.87. The first kappa shape index (κ1) is 15.1. The highest BCUT2D eigenvalue weighted by atomic mass is 16.3. The van der Waals surface area contributed by atoms with Gasteiger partial charge in [-0.15, -0.1) is 0 Å². The molecule has 0 radical (unpaired) electrons. The number of benzene rings is 1. The Morgan fingerprint density at radius 3 is 2.57 bits per heavy atom. The third-order valence-electron chi connectivity index (χ3n) is 3.65. The van der Waals surface area contributed by atoms with Gasteiger partial charge in [-0.25, -0.2) is 0 Å². The predicted octanol–water partition coefficient (Wildman–Crippen LogP) is 4.10. The number of aryl methyl sites for hydroxylation is 3. The Hall–Kier alpha value is -2.29. The summed E-state index contributed by atoms with van der Waals surface area (Å²) in [4.78, 5) is 11.9. The van der Waals surface area contributed by atoms with Gasteiger partial charge >= 0.3 is 0 Å². The van der Waals surface area contributed by atoms with E-state index in [1.54, 1.807) is 24.5 Å². The van der Waals surface area contributed by atoms with Gasteiger partial charge in [0.2, 0.25) is 5.91 Å². The van der Waals surface area contributed by atoms with E-state index in [1.807, 2.05) is 6.92 Å². The molecule has 1 heterocycles. The third kappa shape index (κ3) is 3.85. The van der Waals surface area contributed by atoms with Crippen LogP contribution in [-0.4, -0.2) is 5.91 Å². The molecule has 2 aromatic rings. The Balaban J connectivity index is 2.06. The molecule has 0 saturated heterocycles. The third-order valence-corrected chi connectivity index (χ3v) is 3.65. The Labute approximate surface area is 125 Å². The molecule has 0 bridgehead atoms. The lowest BCUT2D eigenvalue weighted by atomic mass is 9.96. The van der Waals surface area contributed by atoms with Gasteiger partial charge in [0.15, 0.2) is 0 Å². The highest BCUT2D eigenvalue weighted by Gasteiger charge is 2.11. The molecule has 1 amide bonds. The Bertz CT molecular complexity index is 654. The van der Waals surface area contributed by atoms with Crippen LogP contribution in [0.3, 0.4) is 0 Å². The molecule has 3 heteroatoms. The second-order valence-electron chi connectivity index (χ2n) is 5.37. The Morgan fingerprint density at radius 1 is 1.19 bits per heavy atom. The van der Waals surface area contributed by atoms with Crippen molar-refractivity contribution < 1.29 is 9.21 Å². The molecule has 0 aliphatic rings. The van der Waals surface area contributed by atoms with E-state index in [1.165, 1.54) is 22.8 Å². The number of furan rings is 1. The van der Waals surface area contributed by atoms with Crippen LogP contribution in [0.5, 0.6) is 0 Å². The van der Waals surface area contributed by atoms with Crippen molar-refractivity contribution in [2.75, 3.05) is 0 Å². The molecule has 1 aromatic heterocycles. The summed E-state index contributed by atoms with van der Waals surface area (Å²) < 4.78 is 5.15. The molecule has 0 spiro atoms. The number of amides is 1. The summed E-state index contributed by atoms with van der Waals surface area (Å²) >= 11 is 0. The van der Waals surface area contributed by atoms with Crippen LogP contribution in [0.15, 0.2) is 41.0 Å².